The van der Waals surface area contributed by atoms with Gasteiger partial charge in [-0.1, -0.05) is 0 Å². The maximum absolute atomic E-state index is 10.3. The zero-order valence-electron chi connectivity index (χ0n) is 7.61. The maximum atomic E-state index is 10.3. The molecule has 0 amide bonds. The first-order valence-corrected chi connectivity index (χ1v) is 4.71. The number of carboxylic acid groups (broad SMARTS) is 1. The van der Waals surface area contributed by atoms with Gasteiger partial charge in [-0.25, -0.2) is 0 Å². The molecule has 0 aromatic carbocycles. The summed E-state index contributed by atoms with van der Waals surface area (Å²) in [6.45, 7) is 1.91. The Morgan fingerprint density at radius 1 is 1.46 bits per heavy atom. The second-order valence-electron chi connectivity index (χ2n) is 3.97. The van der Waals surface area contributed by atoms with Gasteiger partial charge in [0.1, 0.15) is 0 Å². The van der Waals surface area contributed by atoms with E-state index in [9.17, 15) is 4.79 Å². The first-order valence-electron chi connectivity index (χ1n) is 4.71. The lowest BCUT2D eigenvalue weighted by Crippen LogP contribution is -2.33. The number of carboxylic acids is 1. The molecule has 2 fully saturated rings. The van der Waals surface area contributed by atoms with Gasteiger partial charge < -0.3 is 5.11 Å². The molecule has 3 nitrogen and oxygen atoms in total. The molecule has 2 aliphatic rings. The second kappa shape index (κ2) is 4.29. The fourth-order valence-corrected chi connectivity index (χ4v) is 2.54. The molecule has 2 rings (SSSR count). The molecule has 1 saturated heterocycles. The van der Waals surface area contributed by atoms with Gasteiger partial charge in [0.2, 0.25) is 0 Å². The maximum Gasteiger partial charge on any atom is 0.304 e. The topological polar surface area (TPSA) is 40.5 Å². The molecule has 1 saturated carbocycles. The Labute approximate surface area is 84.5 Å². The van der Waals surface area contributed by atoms with Crippen LogP contribution in [0.25, 0.3) is 0 Å². The largest absolute Gasteiger partial charge is 0.481 e. The molecule has 0 spiro atoms. The van der Waals surface area contributed by atoms with Crippen molar-refractivity contribution >= 4 is 18.4 Å². The molecule has 2 atom stereocenters. The van der Waals surface area contributed by atoms with Gasteiger partial charge in [-0.3, -0.25) is 9.69 Å². The second-order valence-corrected chi connectivity index (χ2v) is 3.97. The van der Waals surface area contributed by atoms with Crippen molar-refractivity contribution in [3.05, 3.63) is 0 Å². The van der Waals surface area contributed by atoms with Gasteiger partial charge in [0.15, 0.2) is 0 Å². The number of carbonyl (C=O) groups is 1. The molecular formula is C9H16ClNO2. The van der Waals surface area contributed by atoms with E-state index >= 15 is 0 Å². The number of hydrogen-bond acceptors (Lipinski definition) is 2. The normalized spacial score (nSPS) is 31.7. The van der Waals surface area contributed by atoms with E-state index < -0.39 is 5.97 Å². The Hall–Kier alpha value is -0.280. The van der Waals surface area contributed by atoms with E-state index in [2.05, 4.69) is 4.90 Å². The zero-order chi connectivity index (χ0) is 8.55. The van der Waals surface area contributed by atoms with E-state index in [4.69, 9.17) is 5.11 Å². The van der Waals surface area contributed by atoms with Crippen LogP contribution in [0.1, 0.15) is 25.7 Å². The van der Waals surface area contributed by atoms with E-state index in [-0.39, 0.29) is 12.4 Å². The minimum Gasteiger partial charge on any atom is -0.481 e. The van der Waals surface area contributed by atoms with Crippen molar-refractivity contribution in [2.75, 3.05) is 13.1 Å². The molecule has 0 aromatic heterocycles. The third kappa shape index (κ3) is 2.35. The van der Waals surface area contributed by atoms with Gasteiger partial charge in [-0.15, -0.1) is 12.4 Å². The lowest BCUT2D eigenvalue weighted by molar-refractivity contribution is -0.137. The average Bonchev–Trinajstić information content (AvgIpc) is 2.60. The Morgan fingerprint density at radius 2 is 2.23 bits per heavy atom. The third-order valence-electron chi connectivity index (χ3n) is 3.14. The molecule has 1 aliphatic carbocycles. The average molecular weight is 206 g/mol. The smallest absolute Gasteiger partial charge is 0.304 e. The van der Waals surface area contributed by atoms with Crippen LogP contribution in [0, 0.1) is 5.92 Å². The van der Waals surface area contributed by atoms with Crippen LogP contribution < -0.4 is 0 Å². The lowest BCUT2D eigenvalue weighted by atomic mass is 10.1. The third-order valence-corrected chi connectivity index (χ3v) is 3.14. The SMILES string of the molecule is Cl.O=C(O)CCN1CC2CCC1C2. The Morgan fingerprint density at radius 3 is 2.69 bits per heavy atom. The van der Waals surface area contributed by atoms with Gasteiger partial charge in [0.25, 0.3) is 0 Å². The van der Waals surface area contributed by atoms with Crippen LogP contribution in [0.3, 0.4) is 0 Å². The monoisotopic (exact) mass is 205 g/mol. The summed E-state index contributed by atoms with van der Waals surface area (Å²) >= 11 is 0. The molecule has 13 heavy (non-hydrogen) atoms. The number of fused-ring (bicyclic) bond motifs is 2. The van der Waals surface area contributed by atoms with Gasteiger partial charge in [-0.05, 0) is 25.2 Å². The molecule has 0 aromatic rings. The summed E-state index contributed by atoms with van der Waals surface area (Å²) < 4.78 is 0. The minimum absolute atomic E-state index is 0. The van der Waals surface area contributed by atoms with E-state index in [0.29, 0.717) is 12.5 Å². The zero-order valence-corrected chi connectivity index (χ0v) is 8.42. The van der Waals surface area contributed by atoms with E-state index in [1.54, 1.807) is 0 Å². The Kier molecular flexibility index (Phi) is 3.56. The van der Waals surface area contributed by atoms with Gasteiger partial charge in [-0.2, -0.15) is 0 Å². The molecular weight excluding hydrogens is 190 g/mol. The molecule has 1 heterocycles. The predicted molar refractivity (Wildman–Crippen MR) is 52.2 cm³/mol. The highest BCUT2D eigenvalue weighted by Gasteiger charge is 2.37. The van der Waals surface area contributed by atoms with Crippen molar-refractivity contribution in [3.8, 4) is 0 Å². The van der Waals surface area contributed by atoms with Gasteiger partial charge in [0, 0.05) is 19.1 Å². The van der Waals surface area contributed by atoms with Crippen LogP contribution in [-0.4, -0.2) is 35.1 Å². The summed E-state index contributed by atoms with van der Waals surface area (Å²) in [4.78, 5) is 12.7. The number of aliphatic carboxylic acids is 1. The number of nitrogens with zero attached hydrogens (tertiary/aromatic N) is 1. The number of likely N-dealkylation sites (tertiary alicyclic amines) is 1. The van der Waals surface area contributed by atoms with Crippen molar-refractivity contribution in [1.29, 1.82) is 0 Å². The summed E-state index contributed by atoms with van der Waals surface area (Å²) in [7, 11) is 0. The highest BCUT2D eigenvalue weighted by molar-refractivity contribution is 5.85. The molecule has 1 N–H and O–H groups in total. The fourth-order valence-electron chi connectivity index (χ4n) is 2.54. The van der Waals surface area contributed by atoms with Crippen LogP contribution in [0.2, 0.25) is 0 Å². The van der Waals surface area contributed by atoms with Crippen molar-refractivity contribution in [3.63, 3.8) is 0 Å². The van der Waals surface area contributed by atoms with Crippen LogP contribution in [-0.2, 0) is 4.79 Å². The minimum atomic E-state index is -0.669. The Bertz CT molecular complexity index is 198. The van der Waals surface area contributed by atoms with Crippen molar-refractivity contribution in [1.82, 2.24) is 4.90 Å². The van der Waals surface area contributed by atoms with Gasteiger partial charge >= 0.3 is 5.97 Å². The number of halogens is 1. The van der Waals surface area contributed by atoms with Crippen LogP contribution in [0.15, 0.2) is 0 Å². The summed E-state index contributed by atoms with van der Waals surface area (Å²) in [5, 5.41) is 8.52. The summed E-state index contributed by atoms with van der Waals surface area (Å²) in [5.74, 6) is 0.210. The molecule has 1 aliphatic heterocycles. The number of rotatable bonds is 3. The lowest BCUT2D eigenvalue weighted by Gasteiger charge is -2.25. The molecule has 4 heteroatoms. The summed E-state index contributed by atoms with van der Waals surface area (Å²) in [6.07, 6.45) is 4.29. The van der Waals surface area contributed by atoms with E-state index in [1.807, 2.05) is 0 Å². The molecule has 76 valence electrons. The van der Waals surface area contributed by atoms with E-state index in [0.717, 1.165) is 19.0 Å². The molecule has 2 bridgehead atoms. The van der Waals surface area contributed by atoms with Crippen molar-refractivity contribution in [2.24, 2.45) is 5.92 Å². The predicted octanol–water partition coefficient (Wildman–Crippen LogP) is 1.37. The molecule has 0 radical (unpaired) electrons. The number of hydrogen-bond donors (Lipinski definition) is 1. The van der Waals surface area contributed by atoms with Crippen LogP contribution >= 0.6 is 12.4 Å². The van der Waals surface area contributed by atoms with E-state index in [1.165, 1.54) is 19.3 Å². The first-order chi connectivity index (χ1) is 5.75. The highest BCUT2D eigenvalue weighted by atomic mass is 35.5. The quantitative estimate of drug-likeness (QED) is 0.757. The Balaban J connectivity index is 0.000000845. The first kappa shape index (κ1) is 10.8. The van der Waals surface area contributed by atoms with Crippen molar-refractivity contribution < 1.29 is 9.90 Å². The molecule has 2 unspecified atom stereocenters. The van der Waals surface area contributed by atoms with Crippen LogP contribution in [0.5, 0.6) is 0 Å². The summed E-state index contributed by atoms with van der Waals surface area (Å²) in [5.41, 5.74) is 0. The standard InChI is InChI=1S/C9H15NO2.ClH/c11-9(12)3-4-10-6-7-1-2-8(10)5-7;/h7-8H,1-6H2,(H,11,12);1H. The number of piperidine rings is 1. The highest BCUT2D eigenvalue weighted by Crippen LogP contribution is 2.37. The van der Waals surface area contributed by atoms with Crippen molar-refractivity contribution in [2.45, 2.75) is 31.7 Å². The van der Waals surface area contributed by atoms with Gasteiger partial charge in [0.05, 0.1) is 6.42 Å². The van der Waals surface area contributed by atoms with Crippen LogP contribution in [0.4, 0.5) is 0 Å². The fraction of sp³-hybridized carbons (Fsp3) is 0.889. The summed E-state index contributed by atoms with van der Waals surface area (Å²) in [6, 6.07) is 0.717.